The van der Waals surface area contributed by atoms with Gasteiger partial charge in [-0.1, -0.05) is 0 Å². The lowest BCUT2D eigenvalue weighted by Gasteiger charge is -2.08. The van der Waals surface area contributed by atoms with E-state index in [2.05, 4.69) is 15.2 Å². The molecule has 7 nitrogen and oxygen atoms in total. The topological polar surface area (TPSA) is 124 Å². The Bertz CT molecular complexity index is 488. The third-order valence-corrected chi connectivity index (χ3v) is 1.97. The number of nitrogens with zero attached hydrogens (tertiary/aromatic N) is 3. The van der Waals surface area contributed by atoms with Gasteiger partial charge < -0.3 is 10.5 Å². The first kappa shape index (κ1) is 11.2. The highest BCUT2D eigenvalue weighted by Crippen LogP contribution is 2.18. The molecule has 1 aromatic carbocycles. The molecule has 6 N–H and O–H groups in total. The highest BCUT2D eigenvalue weighted by molar-refractivity contribution is 6.63. The van der Waals surface area contributed by atoms with Crippen molar-refractivity contribution in [2.45, 2.75) is 6.35 Å². The lowest BCUT2D eigenvalue weighted by atomic mass is 10.3. The molecule has 88 valence electrons. The van der Waals surface area contributed by atoms with Gasteiger partial charge in [-0.15, -0.1) is 5.10 Å². The maximum absolute atomic E-state index is 5.56. The van der Waals surface area contributed by atoms with Crippen LogP contribution in [0.25, 0.3) is 0 Å². The molecule has 0 aliphatic carbocycles. The van der Waals surface area contributed by atoms with E-state index in [-0.39, 0.29) is 0 Å². The first-order chi connectivity index (χ1) is 8.15. The highest BCUT2D eigenvalue weighted by atomic mass is 16.5. The second-order valence-electron chi connectivity index (χ2n) is 3.30. The van der Waals surface area contributed by atoms with Crippen molar-refractivity contribution in [2.24, 2.45) is 32.4 Å². The van der Waals surface area contributed by atoms with E-state index in [4.69, 9.17) is 21.9 Å². The van der Waals surface area contributed by atoms with Gasteiger partial charge in [0.1, 0.15) is 11.5 Å². The summed E-state index contributed by atoms with van der Waals surface area (Å²) in [5.74, 6) is 0.875. The van der Waals surface area contributed by atoms with Crippen molar-refractivity contribution in [1.82, 2.24) is 0 Å². The van der Waals surface area contributed by atoms with Crippen LogP contribution in [0.4, 0.5) is 5.69 Å². The van der Waals surface area contributed by atoms with Crippen LogP contribution in [0.3, 0.4) is 0 Å². The van der Waals surface area contributed by atoms with Gasteiger partial charge in [-0.25, -0.2) is 4.99 Å². The zero-order valence-corrected chi connectivity index (χ0v) is 8.95. The third-order valence-electron chi connectivity index (χ3n) is 1.97. The third kappa shape index (κ3) is 2.86. The van der Waals surface area contributed by atoms with Crippen LogP contribution in [-0.4, -0.2) is 24.1 Å². The Morgan fingerprint density at radius 2 is 1.88 bits per heavy atom. The molecule has 7 heteroatoms. The number of nitrogens with two attached hydrogens (primary N) is 3. The van der Waals surface area contributed by atoms with Gasteiger partial charge in [0.05, 0.1) is 11.9 Å². The van der Waals surface area contributed by atoms with Gasteiger partial charge in [-0.2, -0.15) is 5.10 Å². The van der Waals surface area contributed by atoms with Crippen molar-refractivity contribution in [3.63, 3.8) is 0 Å². The molecule has 2 rings (SSSR count). The van der Waals surface area contributed by atoms with Gasteiger partial charge in [0, 0.05) is 0 Å². The first-order valence-electron chi connectivity index (χ1n) is 4.88. The van der Waals surface area contributed by atoms with Crippen LogP contribution in [0.15, 0.2) is 39.5 Å². The van der Waals surface area contributed by atoms with Crippen molar-refractivity contribution < 1.29 is 4.74 Å². The smallest absolute Gasteiger partial charge is 0.201 e. The van der Waals surface area contributed by atoms with E-state index < -0.39 is 6.35 Å². The van der Waals surface area contributed by atoms with E-state index in [1.807, 2.05) is 0 Å². The van der Waals surface area contributed by atoms with Crippen LogP contribution in [0, 0.1) is 0 Å². The van der Waals surface area contributed by atoms with Crippen molar-refractivity contribution >= 4 is 23.4 Å². The van der Waals surface area contributed by atoms with Crippen LogP contribution in [0.1, 0.15) is 0 Å². The number of aliphatic imine (C=N–C) groups is 1. The van der Waals surface area contributed by atoms with E-state index in [1.165, 1.54) is 6.21 Å². The SMILES string of the molecule is NC1=NN=CC1=Nc1ccc(OC(N)N)cc1. The summed E-state index contributed by atoms with van der Waals surface area (Å²) in [5, 5.41) is 7.29. The molecule has 0 fully saturated rings. The Balaban J connectivity index is 2.14. The molecule has 0 amide bonds. The summed E-state index contributed by atoms with van der Waals surface area (Å²) in [5.41, 5.74) is 17.4. The molecule has 0 radical (unpaired) electrons. The molecule has 0 bridgehead atoms. The summed E-state index contributed by atoms with van der Waals surface area (Å²) in [6.07, 6.45) is 0.659. The van der Waals surface area contributed by atoms with Crippen LogP contribution < -0.4 is 21.9 Å². The minimum absolute atomic E-state index is 0.300. The van der Waals surface area contributed by atoms with Gasteiger partial charge in [-0.3, -0.25) is 11.5 Å². The number of ether oxygens (including phenoxy) is 1. The van der Waals surface area contributed by atoms with Crippen molar-refractivity contribution in [1.29, 1.82) is 0 Å². The standard InChI is InChI=1S/C10H12N6O/c11-9-8(5-14-16-9)15-6-1-3-7(4-2-6)17-10(12)13/h1-5,10H,12-13H2,(H2,11,15,16). The molecule has 0 spiro atoms. The van der Waals surface area contributed by atoms with E-state index >= 15 is 0 Å². The normalized spacial score (nSPS) is 16.6. The molecule has 1 aromatic rings. The maximum Gasteiger partial charge on any atom is 0.201 e. The fourth-order valence-electron chi connectivity index (χ4n) is 1.24. The summed E-state index contributed by atoms with van der Waals surface area (Å²) < 4.78 is 5.09. The molecule has 0 unspecified atom stereocenters. The van der Waals surface area contributed by atoms with Gasteiger partial charge in [0.2, 0.25) is 6.35 Å². The fraction of sp³-hybridized carbons (Fsp3) is 0.100. The average molecular weight is 232 g/mol. The molecule has 0 atom stereocenters. The first-order valence-corrected chi connectivity index (χ1v) is 4.88. The van der Waals surface area contributed by atoms with Gasteiger partial charge in [0.15, 0.2) is 5.84 Å². The molecular weight excluding hydrogens is 220 g/mol. The summed E-state index contributed by atoms with van der Waals surface area (Å²) in [6, 6.07) is 6.94. The predicted molar refractivity (Wildman–Crippen MR) is 66.4 cm³/mol. The molecule has 0 aromatic heterocycles. The summed E-state index contributed by atoms with van der Waals surface area (Å²) in [7, 11) is 0. The second-order valence-corrected chi connectivity index (χ2v) is 3.30. The van der Waals surface area contributed by atoms with Crippen LogP contribution in [0.5, 0.6) is 5.75 Å². The highest BCUT2D eigenvalue weighted by Gasteiger charge is 2.07. The Hall–Kier alpha value is -2.25. The van der Waals surface area contributed by atoms with Crippen LogP contribution in [-0.2, 0) is 0 Å². The Morgan fingerprint density at radius 3 is 2.41 bits per heavy atom. The zero-order valence-electron chi connectivity index (χ0n) is 8.95. The Kier molecular flexibility index (Phi) is 3.12. The molecule has 1 aliphatic heterocycles. The molecule has 17 heavy (non-hydrogen) atoms. The molecular formula is C10H12N6O. The summed E-state index contributed by atoms with van der Waals surface area (Å²) in [4.78, 5) is 4.25. The average Bonchev–Trinajstić information content (AvgIpc) is 2.67. The van der Waals surface area contributed by atoms with E-state index in [0.717, 1.165) is 0 Å². The Morgan fingerprint density at radius 1 is 1.18 bits per heavy atom. The molecule has 0 saturated carbocycles. The van der Waals surface area contributed by atoms with Crippen molar-refractivity contribution in [3.8, 4) is 5.75 Å². The quantitative estimate of drug-likeness (QED) is 0.618. The molecule has 0 saturated heterocycles. The van der Waals surface area contributed by atoms with E-state index in [1.54, 1.807) is 24.3 Å². The number of hydrogen-bond donors (Lipinski definition) is 3. The minimum Gasteiger partial charge on any atom is -0.463 e. The lowest BCUT2D eigenvalue weighted by Crippen LogP contribution is -2.36. The summed E-state index contributed by atoms with van der Waals surface area (Å²) >= 11 is 0. The number of amidine groups is 1. The Labute approximate surface area is 97.7 Å². The van der Waals surface area contributed by atoms with Crippen LogP contribution >= 0.6 is 0 Å². The molecule has 1 aliphatic rings. The lowest BCUT2D eigenvalue weighted by molar-refractivity contribution is 0.217. The van der Waals surface area contributed by atoms with Gasteiger partial charge in [-0.05, 0) is 24.3 Å². The molecule has 1 heterocycles. The number of hydrogen-bond acceptors (Lipinski definition) is 7. The zero-order chi connectivity index (χ0) is 12.3. The fourth-order valence-corrected chi connectivity index (χ4v) is 1.24. The minimum atomic E-state index is -0.836. The van der Waals surface area contributed by atoms with Crippen molar-refractivity contribution in [3.05, 3.63) is 24.3 Å². The van der Waals surface area contributed by atoms with Crippen LogP contribution in [0.2, 0.25) is 0 Å². The summed E-state index contributed by atoms with van der Waals surface area (Å²) in [6.45, 7) is 0. The second kappa shape index (κ2) is 4.73. The predicted octanol–water partition coefficient (Wildman–Crippen LogP) is -0.304. The largest absolute Gasteiger partial charge is 0.463 e. The van der Waals surface area contributed by atoms with Gasteiger partial charge >= 0.3 is 0 Å². The number of rotatable bonds is 3. The monoisotopic (exact) mass is 232 g/mol. The maximum atomic E-state index is 5.56. The van der Waals surface area contributed by atoms with E-state index in [0.29, 0.717) is 23.0 Å². The number of benzene rings is 1. The van der Waals surface area contributed by atoms with Gasteiger partial charge in [0.25, 0.3) is 0 Å². The van der Waals surface area contributed by atoms with E-state index in [9.17, 15) is 0 Å². The van der Waals surface area contributed by atoms with Crippen molar-refractivity contribution in [2.75, 3.05) is 0 Å².